The molecule has 0 saturated carbocycles. The Hall–Kier alpha value is -2.37. The highest BCUT2D eigenvalue weighted by molar-refractivity contribution is 6.09. The number of urea groups is 1. The Balaban J connectivity index is 1.88. The molecule has 1 fully saturated rings. The van der Waals surface area contributed by atoms with Gasteiger partial charge in [0.25, 0.3) is 0 Å². The van der Waals surface area contributed by atoms with E-state index in [0.717, 1.165) is 24.9 Å². The van der Waals surface area contributed by atoms with Gasteiger partial charge in [-0.3, -0.25) is 15.0 Å². The molecule has 1 aromatic rings. The zero-order chi connectivity index (χ0) is 14.8. The Morgan fingerprint density at radius 1 is 1.29 bits per heavy atom. The first-order chi connectivity index (χ1) is 10.1. The number of aliphatic imine (C=N–C) groups is 1. The number of benzene rings is 1. The lowest BCUT2D eigenvalue weighted by molar-refractivity contribution is -0.118. The molecule has 1 aromatic carbocycles. The molecule has 1 N–H and O–H groups in total. The first kappa shape index (κ1) is 13.6. The van der Waals surface area contributed by atoms with E-state index < -0.39 is 0 Å². The second-order valence-corrected chi connectivity index (χ2v) is 5.36. The maximum Gasteiger partial charge on any atom is 0.351 e. The Bertz CT molecular complexity index is 611. The summed E-state index contributed by atoms with van der Waals surface area (Å²) in [6.07, 6.45) is 2.99. The van der Waals surface area contributed by atoms with E-state index in [1.54, 1.807) is 16.8 Å². The van der Waals surface area contributed by atoms with Crippen LogP contribution in [0.2, 0.25) is 0 Å². The van der Waals surface area contributed by atoms with Gasteiger partial charge in [0.05, 0.1) is 6.54 Å². The van der Waals surface area contributed by atoms with Crippen LogP contribution in [0, 0.1) is 0 Å². The topological polar surface area (TPSA) is 65.0 Å². The van der Waals surface area contributed by atoms with E-state index in [0.29, 0.717) is 12.5 Å². The molecule has 0 unspecified atom stereocenters. The van der Waals surface area contributed by atoms with E-state index in [2.05, 4.69) is 16.4 Å². The number of nitrogens with zero attached hydrogens (tertiary/aromatic N) is 3. The first-order valence-electron chi connectivity index (χ1n) is 7.14. The van der Waals surface area contributed by atoms with E-state index in [9.17, 15) is 9.59 Å². The molecular formula is C15H18N4O2. The van der Waals surface area contributed by atoms with Crippen molar-refractivity contribution in [2.75, 3.05) is 25.0 Å². The molecule has 2 heterocycles. The van der Waals surface area contributed by atoms with Crippen molar-refractivity contribution in [1.82, 2.24) is 10.2 Å². The predicted octanol–water partition coefficient (Wildman–Crippen LogP) is 1.37. The van der Waals surface area contributed by atoms with Gasteiger partial charge in [-0.15, -0.1) is 0 Å². The van der Waals surface area contributed by atoms with Gasteiger partial charge in [-0.2, -0.15) is 4.99 Å². The summed E-state index contributed by atoms with van der Waals surface area (Å²) in [5.41, 5.74) is 2.10. The monoisotopic (exact) mass is 286 g/mol. The summed E-state index contributed by atoms with van der Waals surface area (Å²) >= 11 is 0. The predicted molar refractivity (Wildman–Crippen MR) is 80.3 cm³/mol. The van der Waals surface area contributed by atoms with Crippen LogP contribution in [-0.4, -0.2) is 42.9 Å². The first-order valence-corrected chi connectivity index (χ1v) is 7.14. The van der Waals surface area contributed by atoms with Crippen molar-refractivity contribution in [2.24, 2.45) is 4.99 Å². The molecule has 0 aromatic heterocycles. The third kappa shape index (κ3) is 2.74. The molecule has 3 amide bonds. The highest BCUT2D eigenvalue weighted by atomic mass is 16.2. The van der Waals surface area contributed by atoms with Crippen molar-refractivity contribution in [3.05, 3.63) is 29.8 Å². The van der Waals surface area contributed by atoms with Crippen molar-refractivity contribution in [1.29, 1.82) is 0 Å². The van der Waals surface area contributed by atoms with Gasteiger partial charge in [0.1, 0.15) is 0 Å². The highest BCUT2D eigenvalue weighted by Gasteiger charge is 2.25. The third-order valence-electron chi connectivity index (χ3n) is 3.79. The fourth-order valence-corrected chi connectivity index (χ4v) is 2.70. The van der Waals surface area contributed by atoms with Crippen LogP contribution in [0.25, 0.3) is 0 Å². The summed E-state index contributed by atoms with van der Waals surface area (Å²) in [4.78, 5) is 31.2. The molecule has 3 rings (SSSR count). The molecule has 0 aliphatic carbocycles. The second-order valence-electron chi connectivity index (χ2n) is 5.36. The summed E-state index contributed by atoms with van der Waals surface area (Å²) < 4.78 is 0. The Morgan fingerprint density at radius 2 is 2.10 bits per heavy atom. The van der Waals surface area contributed by atoms with Crippen molar-refractivity contribution >= 4 is 23.6 Å². The lowest BCUT2D eigenvalue weighted by atomic mass is 10.1. The summed E-state index contributed by atoms with van der Waals surface area (Å²) in [6, 6.07) is 7.60. The number of para-hydroxylation sites is 1. The molecule has 0 radical (unpaired) electrons. The van der Waals surface area contributed by atoms with Crippen LogP contribution in [0.1, 0.15) is 18.4 Å². The normalized spacial score (nSPS) is 20.2. The highest BCUT2D eigenvalue weighted by Crippen LogP contribution is 2.26. The van der Waals surface area contributed by atoms with E-state index in [-0.39, 0.29) is 18.5 Å². The number of aryl methyl sites for hydroxylation is 1. The number of likely N-dealkylation sites (N-methyl/N-ethyl adjacent to an activating group) is 1. The van der Waals surface area contributed by atoms with Gasteiger partial charge in [0, 0.05) is 19.3 Å². The van der Waals surface area contributed by atoms with Crippen molar-refractivity contribution in [3.63, 3.8) is 0 Å². The average Bonchev–Trinajstić information content (AvgIpc) is 2.67. The van der Waals surface area contributed by atoms with Crippen LogP contribution < -0.4 is 10.2 Å². The van der Waals surface area contributed by atoms with Crippen LogP contribution in [0.3, 0.4) is 0 Å². The summed E-state index contributed by atoms with van der Waals surface area (Å²) in [5, 5.41) is 2.60. The molecule has 1 saturated heterocycles. The summed E-state index contributed by atoms with van der Waals surface area (Å²) in [5.74, 6) is 0.187. The number of amides is 3. The van der Waals surface area contributed by atoms with Gasteiger partial charge >= 0.3 is 6.03 Å². The van der Waals surface area contributed by atoms with Crippen LogP contribution in [0.4, 0.5) is 10.5 Å². The number of guanidine groups is 1. The number of fused-ring (bicyclic) bond motifs is 1. The van der Waals surface area contributed by atoms with E-state index in [1.165, 1.54) is 5.56 Å². The van der Waals surface area contributed by atoms with Crippen LogP contribution >= 0.6 is 0 Å². The molecule has 6 nitrogen and oxygen atoms in total. The van der Waals surface area contributed by atoms with Gasteiger partial charge in [0.2, 0.25) is 11.9 Å². The standard InChI is InChI=1S/C15H18N4O2/c1-18-10-13(20)16-14(18)17-15(21)19-9-5-4-7-11-6-2-3-8-12(11)19/h2-3,6,8H,4-5,7,9-10H2,1H3,(H,16,17,20,21). The average molecular weight is 286 g/mol. The van der Waals surface area contributed by atoms with Gasteiger partial charge in [-0.05, 0) is 30.9 Å². The molecular weight excluding hydrogens is 268 g/mol. The number of carbonyl (C=O) groups is 2. The third-order valence-corrected chi connectivity index (χ3v) is 3.79. The van der Waals surface area contributed by atoms with E-state index in [4.69, 9.17) is 0 Å². The molecule has 2 aliphatic heterocycles. The number of hydrogen-bond acceptors (Lipinski definition) is 2. The molecule has 6 heteroatoms. The van der Waals surface area contributed by atoms with Gasteiger partial charge in [0.15, 0.2) is 0 Å². The number of rotatable bonds is 0. The zero-order valence-electron chi connectivity index (χ0n) is 12.0. The van der Waals surface area contributed by atoms with Crippen molar-refractivity contribution in [3.8, 4) is 0 Å². The van der Waals surface area contributed by atoms with Gasteiger partial charge < -0.3 is 4.90 Å². The lowest BCUT2D eigenvalue weighted by Gasteiger charge is -2.21. The Kier molecular flexibility index (Phi) is 3.60. The zero-order valence-corrected chi connectivity index (χ0v) is 12.0. The van der Waals surface area contributed by atoms with Crippen molar-refractivity contribution in [2.45, 2.75) is 19.3 Å². The fourth-order valence-electron chi connectivity index (χ4n) is 2.70. The van der Waals surface area contributed by atoms with E-state index >= 15 is 0 Å². The number of hydrogen-bond donors (Lipinski definition) is 1. The largest absolute Gasteiger partial charge is 0.351 e. The van der Waals surface area contributed by atoms with Crippen LogP contribution in [-0.2, 0) is 11.2 Å². The SMILES string of the molecule is CN1CC(=O)NC1=NC(=O)N1CCCCc2ccccc21. The summed E-state index contributed by atoms with van der Waals surface area (Å²) in [7, 11) is 1.74. The minimum Gasteiger partial charge on any atom is -0.336 e. The number of anilines is 1. The van der Waals surface area contributed by atoms with Crippen molar-refractivity contribution < 1.29 is 9.59 Å². The van der Waals surface area contributed by atoms with Crippen LogP contribution in [0.15, 0.2) is 29.3 Å². The molecule has 2 aliphatic rings. The molecule has 0 spiro atoms. The molecule has 0 atom stereocenters. The Morgan fingerprint density at radius 3 is 2.86 bits per heavy atom. The minimum absolute atomic E-state index is 0.139. The maximum absolute atomic E-state index is 12.5. The summed E-state index contributed by atoms with van der Waals surface area (Å²) in [6.45, 7) is 0.896. The number of carbonyl (C=O) groups excluding carboxylic acids is 2. The Labute approximate surface area is 123 Å². The quantitative estimate of drug-likeness (QED) is 0.783. The minimum atomic E-state index is -0.326. The van der Waals surface area contributed by atoms with Crippen LogP contribution in [0.5, 0.6) is 0 Å². The smallest absolute Gasteiger partial charge is 0.336 e. The maximum atomic E-state index is 12.5. The van der Waals surface area contributed by atoms with E-state index in [1.807, 2.05) is 18.2 Å². The lowest BCUT2D eigenvalue weighted by Crippen LogP contribution is -2.34. The fraction of sp³-hybridized carbons (Fsp3) is 0.400. The van der Waals surface area contributed by atoms with Gasteiger partial charge in [-0.25, -0.2) is 4.79 Å². The second kappa shape index (κ2) is 5.55. The van der Waals surface area contributed by atoms with Gasteiger partial charge in [-0.1, -0.05) is 18.2 Å². The number of nitrogens with one attached hydrogen (secondary N) is 1. The molecule has 110 valence electrons. The molecule has 21 heavy (non-hydrogen) atoms. The molecule has 0 bridgehead atoms.